The van der Waals surface area contributed by atoms with E-state index in [-0.39, 0.29) is 16.7 Å². The summed E-state index contributed by atoms with van der Waals surface area (Å²) in [7, 11) is -3.54. The number of rotatable bonds is 5. The van der Waals surface area contributed by atoms with Crippen LogP contribution in [0.2, 0.25) is 0 Å². The molecule has 0 bridgehead atoms. The first kappa shape index (κ1) is 14.2. The third kappa shape index (κ3) is 3.22. The van der Waals surface area contributed by atoms with Gasteiger partial charge in [-0.05, 0) is 44.7 Å². The van der Waals surface area contributed by atoms with Crippen LogP contribution in [0, 0.1) is 5.92 Å². The number of benzene rings is 1. The minimum atomic E-state index is -3.54. The lowest BCUT2D eigenvalue weighted by Crippen LogP contribution is -2.40. The minimum absolute atomic E-state index is 0.0558. The van der Waals surface area contributed by atoms with Gasteiger partial charge in [-0.1, -0.05) is 18.6 Å². The maximum atomic E-state index is 12.2. The molecule has 0 spiro atoms. The number of hydrogen-bond acceptors (Lipinski definition) is 3. The molecule has 0 heterocycles. The van der Waals surface area contributed by atoms with Crippen LogP contribution >= 0.6 is 0 Å². The van der Waals surface area contributed by atoms with Crippen molar-refractivity contribution in [1.29, 1.82) is 0 Å². The lowest BCUT2D eigenvalue weighted by atomic mass is 9.81. The molecule has 0 aliphatic heterocycles. The molecule has 1 fully saturated rings. The van der Waals surface area contributed by atoms with Crippen LogP contribution in [0.15, 0.2) is 29.2 Å². The predicted molar refractivity (Wildman–Crippen MR) is 73.6 cm³/mol. The lowest BCUT2D eigenvalue weighted by Gasteiger charge is -2.31. The number of carbonyl (C=O) groups is 1. The van der Waals surface area contributed by atoms with Crippen molar-refractivity contribution < 1.29 is 13.2 Å². The highest BCUT2D eigenvalue weighted by Crippen LogP contribution is 2.30. The predicted octanol–water partition coefficient (Wildman–Crippen LogP) is 2.36. The number of nitrogens with one attached hydrogen (secondary N) is 1. The molecule has 4 nitrogen and oxygen atoms in total. The van der Waals surface area contributed by atoms with Crippen LogP contribution in [0.3, 0.4) is 0 Å². The van der Waals surface area contributed by atoms with Crippen molar-refractivity contribution >= 4 is 15.8 Å². The van der Waals surface area contributed by atoms with E-state index in [0.717, 1.165) is 12.8 Å². The van der Waals surface area contributed by atoms with E-state index in [9.17, 15) is 13.2 Å². The molecular weight excluding hydrogens is 262 g/mol. The van der Waals surface area contributed by atoms with E-state index in [1.807, 2.05) is 6.92 Å². The van der Waals surface area contributed by atoms with Gasteiger partial charge in [-0.25, -0.2) is 13.1 Å². The average molecular weight is 281 g/mol. The zero-order chi connectivity index (χ0) is 14.0. The van der Waals surface area contributed by atoms with Crippen LogP contribution in [0.5, 0.6) is 0 Å². The Morgan fingerprint density at radius 2 is 2.05 bits per heavy atom. The molecule has 1 aliphatic carbocycles. The van der Waals surface area contributed by atoms with Gasteiger partial charge in [-0.3, -0.25) is 4.79 Å². The summed E-state index contributed by atoms with van der Waals surface area (Å²) in [5.74, 6) is 0.301. The first-order valence-electron chi connectivity index (χ1n) is 6.53. The van der Waals surface area contributed by atoms with Crippen LogP contribution in [-0.4, -0.2) is 20.2 Å². The molecule has 1 aromatic carbocycles. The fraction of sp³-hybridized carbons (Fsp3) is 0.500. The van der Waals surface area contributed by atoms with E-state index < -0.39 is 10.0 Å². The average Bonchev–Trinajstić information content (AvgIpc) is 2.26. The van der Waals surface area contributed by atoms with Gasteiger partial charge >= 0.3 is 0 Å². The minimum Gasteiger partial charge on any atom is -0.295 e. The van der Waals surface area contributed by atoms with Crippen molar-refractivity contribution in [2.24, 2.45) is 5.92 Å². The molecule has 1 atom stereocenters. The maximum Gasteiger partial charge on any atom is 0.240 e. The molecule has 1 aromatic rings. The Labute approximate surface area is 114 Å². The fourth-order valence-corrected chi connectivity index (χ4v) is 3.59. The number of carbonyl (C=O) groups excluding carboxylic acids is 1. The van der Waals surface area contributed by atoms with Gasteiger partial charge in [0, 0.05) is 11.6 Å². The molecule has 1 N–H and O–H groups in total. The van der Waals surface area contributed by atoms with Crippen LogP contribution in [0.1, 0.15) is 43.5 Å². The van der Waals surface area contributed by atoms with Gasteiger partial charge in [-0.15, -0.1) is 0 Å². The summed E-state index contributed by atoms with van der Waals surface area (Å²) in [6, 6.07) is 6.11. The Morgan fingerprint density at radius 3 is 2.58 bits per heavy atom. The van der Waals surface area contributed by atoms with Crippen molar-refractivity contribution in [3.8, 4) is 0 Å². The van der Waals surface area contributed by atoms with Crippen molar-refractivity contribution in [3.63, 3.8) is 0 Å². The van der Waals surface area contributed by atoms with Crippen LogP contribution in [0.25, 0.3) is 0 Å². The van der Waals surface area contributed by atoms with E-state index in [1.54, 1.807) is 12.1 Å². The second kappa shape index (κ2) is 5.43. The van der Waals surface area contributed by atoms with Crippen LogP contribution in [-0.2, 0) is 10.0 Å². The van der Waals surface area contributed by atoms with E-state index >= 15 is 0 Å². The molecule has 19 heavy (non-hydrogen) atoms. The SMILES string of the molecule is CC(=O)c1cccc(S(=O)(=O)NC(C)C2CCC2)c1. The van der Waals surface area contributed by atoms with Gasteiger partial charge in [-0.2, -0.15) is 0 Å². The Hall–Kier alpha value is -1.20. The highest BCUT2D eigenvalue weighted by atomic mass is 32.2. The third-order valence-electron chi connectivity index (χ3n) is 3.75. The number of Topliss-reactive ketones (excluding diaryl/α,β-unsaturated/α-hetero) is 1. The highest BCUT2D eigenvalue weighted by molar-refractivity contribution is 7.89. The molecule has 2 rings (SSSR count). The summed E-state index contributed by atoms with van der Waals surface area (Å²) in [6.45, 7) is 3.33. The van der Waals surface area contributed by atoms with Crippen LogP contribution < -0.4 is 4.72 Å². The number of hydrogen-bond donors (Lipinski definition) is 1. The van der Waals surface area contributed by atoms with Gasteiger partial charge in [0.1, 0.15) is 0 Å². The van der Waals surface area contributed by atoms with Gasteiger partial charge in [0.25, 0.3) is 0 Å². The second-order valence-corrected chi connectivity index (χ2v) is 6.90. The Morgan fingerprint density at radius 1 is 1.37 bits per heavy atom. The van der Waals surface area contributed by atoms with E-state index in [1.165, 1.54) is 25.5 Å². The van der Waals surface area contributed by atoms with E-state index in [4.69, 9.17) is 0 Å². The molecule has 0 saturated heterocycles. The summed E-state index contributed by atoms with van der Waals surface area (Å²) in [5, 5.41) is 0. The maximum absolute atomic E-state index is 12.2. The topological polar surface area (TPSA) is 63.2 Å². The molecule has 1 saturated carbocycles. The monoisotopic (exact) mass is 281 g/mol. The van der Waals surface area contributed by atoms with E-state index in [2.05, 4.69) is 4.72 Å². The normalized spacial score (nSPS) is 17.8. The lowest BCUT2D eigenvalue weighted by molar-refractivity contribution is 0.101. The molecule has 0 aromatic heterocycles. The molecule has 0 radical (unpaired) electrons. The van der Waals surface area contributed by atoms with Gasteiger partial charge in [0.15, 0.2) is 5.78 Å². The Bertz CT molecular complexity index is 576. The quantitative estimate of drug-likeness (QED) is 0.843. The highest BCUT2D eigenvalue weighted by Gasteiger charge is 2.28. The molecular formula is C14H19NO3S. The summed E-state index contributed by atoms with van der Waals surface area (Å²) in [6.07, 6.45) is 3.34. The van der Waals surface area contributed by atoms with Crippen molar-refractivity contribution in [2.75, 3.05) is 0 Å². The third-order valence-corrected chi connectivity index (χ3v) is 5.31. The summed E-state index contributed by atoms with van der Waals surface area (Å²) < 4.78 is 27.2. The smallest absolute Gasteiger partial charge is 0.240 e. The van der Waals surface area contributed by atoms with E-state index in [0.29, 0.717) is 11.5 Å². The zero-order valence-corrected chi connectivity index (χ0v) is 12.0. The van der Waals surface area contributed by atoms with Gasteiger partial charge in [0.2, 0.25) is 10.0 Å². The first-order chi connectivity index (χ1) is 8.90. The van der Waals surface area contributed by atoms with Crippen LogP contribution in [0.4, 0.5) is 0 Å². The van der Waals surface area contributed by atoms with Crippen molar-refractivity contribution in [1.82, 2.24) is 4.72 Å². The Balaban J connectivity index is 2.18. The molecule has 1 aliphatic rings. The summed E-state index contributed by atoms with van der Waals surface area (Å²) >= 11 is 0. The first-order valence-corrected chi connectivity index (χ1v) is 8.02. The Kier molecular flexibility index (Phi) is 4.06. The van der Waals surface area contributed by atoms with Gasteiger partial charge < -0.3 is 0 Å². The summed E-state index contributed by atoms with van der Waals surface area (Å²) in [4.78, 5) is 11.5. The second-order valence-electron chi connectivity index (χ2n) is 5.18. The molecule has 1 unspecified atom stereocenters. The molecule has 104 valence electrons. The standard InChI is InChI=1S/C14H19NO3S/c1-10(12-5-3-6-12)15-19(17,18)14-8-4-7-13(9-14)11(2)16/h4,7-10,12,15H,3,5-6H2,1-2H3. The molecule has 0 amide bonds. The largest absolute Gasteiger partial charge is 0.295 e. The van der Waals surface area contributed by atoms with Gasteiger partial charge in [0.05, 0.1) is 4.90 Å². The number of sulfonamides is 1. The zero-order valence-electron chi connectivity index (χ0n) is 11.2. The fourth-order valence-electron chi connectivity index (χ4n) is 2.23. The molecule has 5 heteroatoms. The van der Waals surface area contributed by atoms with Crippen molar-refractivity contribution in [2.45, 2.75) is 44.0 Å². The summed E-state index contributed by atoms with van der Waals surface area (Å²) in [5.41, 5.74) is 0.416. The number of ketones is 1. The van der Waals surface area contributed by atoms with Crippen molar-refractivity contribution in [3.05, 3.63) is 29.8 Å².